The summed E-state index contributed by atoms with van der Waals surface area (Å²) in [4.78, 5) is 0. The topological polar surface area (TPSA) is 20.2 Å². The highest BCUT2D eigenvalue weighted by Crippen LogP contribution is 2.23. The lowest BCUT2D eigenvalue weighted by atomic mass is 9.98. The lowest BCUT2D eigenvalue weighted by Gasteiger charge is -2.12. The number of aliphatic hydroxyl groups is 1. The third-order valence-corrected chi connectivity index (χ3v) is 4.05. The molecule has 0 spiro atoms. The first-order chi connectivity index (χ1) is 9.72. The Morgan fingerprint density at radius 3 is 2.65 bits per heavy atom. The number of aryl methyl sites for hydroxylation is 2. The maximum absolute atomic E-state index is 13.6. The lowest BCUT2D eigenvalue weighted by molar-refractivity contribution is 0.174. The van der Waals surface area contributed by atoms with E-state index in [0.29, 0.717) is 18.4 Å². The fraction of sp³-hybridized carbons (Fsp3) is 0.333. The number of fused-ring (bicyclic) bond motifs is 1. The monoisotopic (exact) mass is 270 g/mol. The first-order valence-electron chi connectivity index (χ1n) is 7.24. The van der Waals surface area contributed by atoms with Crippen LogP contribution >= 0.6 is 0 Å². The van der Waals surface area contributed by atoms with E-state index in [4.69, 9.17) is 0 Å². The minimum atomic E-state index is -0.536. The van der Waals surface area contributed by atoms with Crippen molar-refractivity contribution in [2.45, 2.75) is 38.2 Å². The zero-order valence-electron chi connectivity index (χ0n) is 11.5. The van der Waals surface area contributed by atoms with Crippen LogP contribution < -0.4 is 0 Å². The maximum atomic E-state index is 13.6. The number of aliphatic hydroxyl groups excluding tert-OH is 1. The van der Waals surface area contributed by atoms with Crippen molar-refractivity contribution >= 4 is 0 Å². The molecule has 0 saturated heterocycles. The van der Waals surface area contributed by atoms with Crippen LogP contribution in [-0.2, 0) is 25.7 Å². The van der Waals surface area contributed by atoms with Gasteiger partial charge in [0.2, 0.25) is 0 Å². The first-order valence-corrected chi connectivity index (χ1v) is 7.24. The molecule has 1 unspecified atom stereocenters. The van der Waals surface area contributed by atoms with E-state index in [-0.39, 0.29) is 5.82 Å². The minimum absolute atomic E-state index is 0.236. The Balaban J connectivity index is 1.67. The van der Waals surface area contributed by atoms with Crippen molar-refractivity contribution in [1.82, 2.24) is 0 Å². The predicted molar refractivity (Wildman–Crippen MR) is 78.3 cm³/mol. The highest BCUT2D eigenvalue weighted by Gasteiger charge is 2.14. The Morgan fingerprint density at radius 1 is 1.00 bits per heavy atom. The Labute approximate surface area is 119 Å². The molecule has 1 N–H and O–H groups in total. The molecule has 0 fully saturated rings. The molecule has 0 radical (unpaired) electrons. The molecule has 0 saturated carbocycles. The van der Waals surface area contributed by atoms with Gasteiger partial charge in [-0.3, -0.25) is 0 Å². The van der Waals surface area contributed by atoms with Gasteiger partial charge < -0.3 is 5.11 Å². The number of benzene rings is 2. The van der Waals surface area contributed by atoms with Gasteiger partial charge in [-0.1, -0.05) is 36.4 Å². The van der Waals surface area contributed by atoms with Crippen molar-refractivity contribution in [3.05, 3.63) is 70.5 Å². The van der Waals surface area contributed by atoms with Gasteiger partial charge in [0.15, 0.2) is 0 Å². The van der Waals surface area contributed by atoms with Gasteiger partial charge >= 0.3 is 0 Å². The van der Waals surface area contributed by atoms with Crippen molar-refractivity contribution in [3.63, 3.8) is 0 Å². The molecule has 0 amide bonds. The SMILES string of the molecule is OC(Cc1ccc2c(c1)CCC2)Cc1ccccc1F. The van der Waals surface area contributed by atoms with E-state index >= 15 is 0 Å². The summed E-state index contributed by atoms with van der Waals surface area (Å²) in [5.41, 5.74) is 4.59. The second kappa shape index (κ2) is 5.76. The molecule has 1 aliphatic rings. The van der Waals surface area contributed by atoms with Crippen LogP contribution in [0.3, 0.4) is 0 Å². The third kappa shape index (κ3) is 2.91. The molecule has 1 nitrogen and oxygen atoms in total. The summed E-state index contributed by atoms with van der Waals surface area (Å²) in [6.45, 7) is 0. The molecular weight excluding hydrogens is 251 g/mol. The fourth-order valence-electron chi connectivity index (χ4n) is 3.01. The van der Waals surface area contributed by atoms with Crippen molar-refractivity contribution in [3.8, 4) is 0 Å². The zero-order chi connectivity index (χ0) is 13.9. The van der Waals surface area contributed by atoms with E-state index in [1.807, 2.05) is 0 Å². The Bertz CT molecular complexity index is 606. The average molecular weight is 270 g/mol. The highest BCUT2D eigenvalue weighted by atomic mass is 19.1. The fourth-order valence-corrected chi connectivity index (χ4v) is 3.01. The van der Waals surface area contributed by atoms with Crippen LogP contribution in [0.15, 0.2) is 42.5 Å². The molecule has 0 aromatic heterocycles. The first kappa shape index (κ1) is 13.3. The molecule has 0 heterocycles. The average Bonchev–Trinajstić information content (AvgIpc) is 2.89. The van der Waals surface area contributed by atoms with E-state index < -0.39 is 6.10 Å². The molecule has 1 aliphatic carbocycles. The van der Waals surface area contributed by atoms with Gasteiger partial charge in [-0.25, -0.2) is 4.39 Å². The lowest BCUT2D eigenvalue weighted by Crippen LogP contribution is -2.15. The summed E-state index contributed by atoms with van der Waals surface area (Å²) in [5.74, 6) is -0.236. The van der Waals surface area contributed by atoms with Crippen molar-refractivity contribution in [2.75, 3.05) is 0 Å². The molecule has 2 aromatic carbocycles. The Kier molecular flexibility index (Phi) is 3.83. The van der Waals surface area contributed by atoms with Gasteiger partial charge in [-0.2, -0.15) is 0 Å². The predicted octanol–water partition coefficient (Wildman–Crippen LogP) is 3.46. The van der Waals surface area contributed by atoms with E-state index in [1.165, 1.54) is 30.0 Å². The summed E-state index contributed by atoms with van der Waals surface area (Å²) >= 11 is 0. The normalized spacial score (nSPS) is 15.1. The molecule has 3 rings (SSSR count). The van der Waals surface area contributed by atoms with Crippen LogP contribution in [0.25, 0.3) is 0 Å². The Hall–Kier alpha value is -1.67. The molecule has 2 heteroatoms. The van der Waals surface area contributed by atoms with Crippen LogP contribution in [-0.4, -0.2) is 11.2 Å². The Morgan fingerprint density at radius 2 is 1.80 bits per heavy atom. The third-order valence-electron chi connectivity index (χ3n) is 4.05. The van der Waals surface area contributed by atoms with Gasteiger partial charge in [0.05, 0.1) is 6.10 Å². The standard InChI is InChI=1S/C18H19FO/c19-18-7-2-1-4-16(18)12-17(20)11-13-8-9-14-5-3-6-15(14)10-13/h1-2,4,7-10,17,20H,3,5-6,11-12H2. The van der Waals surface area contributed by atoms with Gasteiger partial charge in [0, 0.05) is 6.42 Å². The van der Waals surface area contributed by atoms with E-state index in [0.717, 1.165) is 12.0 Å². The highest BCUT2D eigenvalue weighted by molar-refractivity contribution is 5.35. The zero-order valence-corrected chi connectivity index (χ0v) is 11.5. The second-order valence-corrected chi connectivity index (χ2v) is 5.61. The number of hydrogen-bond donors (Lipinski definition) is 1. The number of halogens is 1. The molecule has 104 valence electrons. The van der Waals surface area contributed by atoms with Crippen LogP contribution in [0.5, 0.6) is 0 Å². The summed E-state index contributed by atoms with van der Waals surface area (Å²) in [6.07, 6.45) is 3.97. The molecule has 0 aliphatic heterocycles. The summed E-state index contributed by atoms with van der Waals surface area (Å²) < 4.78 is 13.6. The van der Waals surface area contributed by atoms with Crippen LogP contribution in [0, 0.1) is 5.82 Å². The van der Waals surface area contributed by atoms with Crippen molar-refractivity contribution in [1.29, 1.82) is 0 Å². The summed E-state index contributed by atoms with van der Waals surface area (Å²) in [5, 5.41) is 10.2. The number of hydrogen-bond acceptors (Lipinski definition) is 1. The largest absolute Gasteiger partial charge is 0.392 e. The van der Waals surface area contributed by atoms with E-state index in [2.05, 4.69) is 18.2 Å². The summed E-state index contributed by atoms with van der Waals surface area (Å²) in [6, 6.07) is 13.1. The molecule has 0 bridgehead atoms. The second-order valence-electron chi connectivity index (χ2n) is 5.61. The minimum Gasteiger partial charge on any atom is -0.392 e. The van der Waals surface area contributed by atoms with Crippen LogP contribution in [0.1, 0.15) is 28.7 Å². The maximum Gasteiger partial charge on any atom is 0.126 e. The van der Waals surface area contributed by atoms with Crippen molar-refractivity contribution in [2.24, 2.45) is 0 Å². The van der Waals surface area contributed by atoms with Crippen LogP contribution in [0.2, 0.25) is 0 Å². The smallest absolute Gasteiger partial charge is 0.126 e. The van der Waals surface area contributed by atoms with Gasteiger partial charge in [-0.15, -0.1) is 0 Å². The van der Waals surface area contributed by atoms with E-state index in [9.17, 15) is 9.50 Å². The molecular formula is C18H19FO. The van der Waals surface area contributed by atoms with Gasteiger partial charge in [-0.05, 0) is 54.0 Å². The molecule has 1 atom stereocenters. The quantitative estimate of drug-likeness (QED) is 0.902. The summed E-state index contributed by atoms with van der Waals surface area (Å²) in [7, 11) is 0. The molecule has 2 aromatic rings. The van der Waals surface area contributed by atoms with Crippen LogP contribution in [0.4, 0.5) is 4.39 Å². The molecule has 20 heavy (non-hydrogen) atoms. The van der Waals surface area contributed by atoms with Gasteiger partial charge in [0.1, 0.15) is 5.82 Å². The van der Waals surface area contributed by atoms with Gasteiger partial charge in [0.25, 0.3) is 0 Å². The van der Waals surface area contributed by atoms with Crippen molar-refractivity contribution < 1.29 is 9.50 Å². The van der Waals surface area contributed by atoms with E-state index in [1.54, 1.807) is 18.2 Å². The number of rotatable bonds is 4.